The van der Waals surface area contributed by atoms with Gasteiger partial charge in [-0.15, -0.1) is 0 Å². The normalized spacial score (nSPS) is 13.6. The van der Waals surface area contributed by atoms with Crippen LogP contribution in [0.2, 0.25) is 0 Å². The molecule has 0 spiro atoms. The Morgan fingerprint density at radius 1 is 0.909 bits per heavy atom. The summed E-state index contributed by atoms with van der Waals surface area (Å²) in [7, 11) is 0. The van der Waals surface area contributed by atoms with Crippen molar-refractivity contribution in [3.05, 3.63) is 0 Å². The lowest BCUT2D eigenvalue weighted by Gasteiger charge is -2.36. The lowest BCUT2D eigenvalue weighted by atomic mass is 9.92. The first-order valence-corrected chi connectivity index (χ1v) is 4.62. The van der Waals surface area contributed by atoms with Gasteiger partial charge in [-0.2, -0.15) is 0 Å². The highest BCUT2D eigenvalue weighted by atomic mass is 15.0. The van der Waals surface area contributed by atoms with Crippen LogP contribution in [0.3, 0.4) is 0 Å². The van der Waals surface area contributed by atoms with E-state index in [1.807, 2.05) is 0 Å². The molecule has 0 aromatic heterocycles. The minimum atomic E-state index is 0.237. The Bertz CT molecular complexity index is 107. The van der Waals surface area contributed by atoms with E-state index in [9.17, 15) is 0 Å². The van der Waals surface area contributed by atoms with Gasteiger partial charge in [0.05, 0.1) is 0 Å². The topological polar surface area (TPSA) is 12.0 Å². The SMILES string of the molecule is CCC(C)(CC)NC(C)(C)C. The van der Waals surface area contributed by atoms with Crippen molar-refractivity contribution < 1.29 is 0 Å². The molecule has 1 N–H and O–H groups in total. The maximum absolute atomic E-state index is 3.63. The highest BCUT2D eigenvalue weighted by molar-refractivity contribution is 4.86. The van der Waals surface area contributed by atoms with Gasteiger partial charge in [-0.25, -0.2) is 0 Å². The second kappa shape index (κ2) is 3.57. The van der Waals surface area contributed by atoms with Crippen molar-refractivity contribution in [2.75, 3.05) is 0 Å². The van der Waals surface area contributed by atoms with Crippen LogP contribution in [0, 0.1) is 0 Å². The molecule has 0 fully saturated rings. The third kappa shape index (κ3) is 4.41. The molecule has 1 heteroatoms. The van der Waals surface area contributed by atoms with E-state index < -0.39 is 0 Å². The maximum Gasteiger partial charge on any atom is 0.0152 e. The van der Waals surface area contributed by atoms with E-state index in [0.717, 1.165) is 0 Å². The first-order valence-electron chi connectivity index (χ1n) is 4.62. The van der Waals surface area contributed by atoms with Gasteiger partial charge in [0.15, 0.2) is 0 Å². The molecule has 0 radical (unpaired) electrons. The van der Waals surface area contributed by atoms with Gasteiger partial charge in [0.1, 0.15) is 0 Å². The van der Waals surface area contributed by atoms with Gasteiger partial charge in [-0.05, 0) is 40.5 Å². The first kappa shape index (κ1) is 11.0. The van der Waals surface area contributed by atoms with Gasteiger partial charge in [-0.1, -0.05) is 13.8 Å². The predicted molar refractivity (Wildman–Crippen MR) is 51.9 cm³/mol. The van der Waals surface area contributed by atoms with Crippen LogP contribution in [-0.2, 0) is 0 Å². The van der Waals surface area contributed by atoms with E-state index in [2.05, 4.69) is 46.9 Å². The van der Waals surface area contributed by atoms with Crippen molar-refractivity contribution >= 4 is 0 Å². The summed E-state index contributed by atoms with van der Waals surface area (Å²) >= 11 is 0. The summed E-state index contributed by atoms with van der Waals surface area (Å²) in [5.74, 6) is 0. The summed E-state index contributed by atoms with van der Waals surface area (Å²) in [6.45, 7) is 13.4. The fraction of sp³-hybridized carbons (Fsp3) is 1.00. The minimum absolute atomic E-state index is 0.237. The molecule has 1 nitrogen and oxygen atoms in total. The average Bonchev–Trinajstić information content (AvgIpc) is 1.84. The minimum Gasteiger partial charge on any atom is -0.307 e. The monoisotopic (exact) mass is 157 g/mol. The van der Waals surface area contributed by atoms with Crippen LogP contribution in [-0.4, -0.2) is 11.1 Å². The molecule has 0 aromatic rings. The van der Waals surface area contributed by atoms with Crippen LogP contribution < -0.4 is 5.32 Å². The van der Waals surface area contributed by atoms with Gasteiger partial charge in [0.2, 0.25) is 0 Å². The molecule has 0 aromatic carbocycles. The van der Waals surface area contributed by atoms with Gasteiger partial charge in [-0.3, -0.25) is 0 Å². The van der Waals surface area contributed by atoms with Crippen LogP contribution in [0.4, 0.5) is 0 Å². The maximum atomic E-state index is 3.63. The Balaban J connectivity index is 4.08. The van der Waals surface area contributed by atoms with Crippen LogP contribution in [0.5, 0.6) is 0 Å². The predicted octanol–water partition coefficient (Wildman–Crippen LogP) is 2.95. The summed E-state index contributed by atoms with van der Waals surface area (Å²) in [5.41, 5.74) is 0.555. The largest absolute Gasteiger partial charge is 0.307 e. The molecule has 0 bridgehead atoms. The van der Waals surface area contributed by atoms with E-state index in [-0.39, 0.29) is 5.54 Å². The summed E-state index contributed by atoms with van der Waals surface area (Å²) in [6.07, 6.45) is 2.39. The zero-order chi connectivity index (χ0) is 9.12. The molecule has 68 valence electrons. The molecule has 0 saturated carbocycles. The average molecular weight is 157 g/mol. The number of nitrogens with one attached hydrogen (secondary N) is 1. The second-order valence-corrected chi connectivity index (χ2v) is 4.64. The first-order chi connectivity index (χ1) is 4.83. The lowest BCUT2D eigenvalue weighted by molar-refractivity contribution is 0.247. The molecule has 0 unspecified atom stereocenters. The van der Waals surface area contributed by atoms with Gasteiger partial charge < -0.3 is 5.32 Å². The third-order valence-corrected chi connectivity index (χ3v) is 2.24. The van der Waals surface area contributed by atoms with Crippen LogP contribution in [0.1, 0.15) is 54.4 Å². The van der Waals surface area contributed by atoms with Crippen molar-refractivity contribution in [3.63, 3.8) is 0 Å². The molecule has 0 rings (SSSR count). The summed E-state index contributed by atoms with van der Waals surface area (Å²) in [6, 6.07) is 0. The zero-order valence-corrected chi connectivity index (χ0v) is 8.91. The van der Waals surface area contributed by atoms with E-state index in [4.69, 9.17) is 0 Å². The second-order valence-electron chi connectivity index (χ2n) is 4.64. The van der Waals surface area contributed by atoms with Gasteiger partial charge in [0, 0.05) is 11.1 Å². The smallest absolute Gasteiger partial charge is 0.0152 e. The van der Waals surface area contributed by atoms with E-state index in [0.29, 0.717) is 5.54 Å². The molecule has 0 aliphatic rings. The molecule has 0 amide bonds. The molecule has 0 aliphatic carbocycles. The molecule has 0 heterocycles. The Labute approximate surface area is 71.6 Å². The Kier molecular flexibility index (Phi) is 3.56. The van der Waals surface area contributed by atoms with E-state index in [1.165, 1.54) is 12.8 Å². The van der Waals surface area contributed by atoms with Crippen molar-refractivity contribution in [1.82, 2.24) is 5.32 Å². The molecular formula is C10H23N. The molecule has 0 atom stereocenters. The van der Waals surface area contributed by atoms with Crippen LogP contribution >= 0.6 is 0 Å². The lowest BCUT2D eigenvalue weighted by Crippen LogP contribution is -2.51. The molecule has 0 aliphatic heterocycles. The van der Waals surface area contributed by atoms with Crippen LogP contribution in [0.15, 0.2) is 0 Å². The summed E-state index contributed by atoms with van der Waals surface area (Å²) < 4.78 is 0. The molecular weight excluding hydrogens is 134 g/mol. The number of hydrogen-bond donors (Lipinski definition) is 1. The van der Waals surface area contributed by atoms with E-state index in [1.54, 1.807) is 0 Å². The zero-order valence-electron chi connectivity index (χ0n) is 8.91. The fourth-order valence-corrected chi connectivity index (χ4v) is 1.33. The highest BCUT2D eigenvalue weighted by Crippen LogP contribution is 2.17. The Morgan fingerprint density at radius 2 is 1.27 bits per heavy atom. The summed E-state index contributed by atoms with van der Waals surface area (Å²) in [4.78, 5) is 0. The van der Waals surface area contributed by atoms with E-state index >= 15 is 0 Å². The van der Waals surface area contributed by atoms with Crippen molar-refractivity contribution in [2.24, 2.45) is 0 Å². The molecule has 11 heavy (non-hydrogen) atoms. The van der Waals surface area contributed by atoms with Crippen molar-refractivity contribution in [2.45, 2.75) is 65.5 Å². The number of hydrogen-bond acceptors (Lipinski definition) is 1. The Hall–Kier alpha value is -0.0400. The third-order valence-electron chi connectivity index (χ3n) is 2.24. The quantitative estimate of drug-likeness (QED) is 0.664. The summed E-state index contributed by atoms with van der Waals surface area (Å²) in [5, 5.41) is 3.63. The highest BCUT2D eigenvalue weighted by Gasteiger charge is 2.24. The van der Waals surface area contributed by atoms with Crippen molar-refractivity contribution in [1.29, 1.82) is 0 Å². The van der Waals surface area contributed by atoms with Crippen LogP contribution in [0.25, 0.3) is 0 Å². The Morgan fingerprint density at radius 3 is 1.36 bits per heavy atom. The van der Waals surface area contributed by atoms with Crippen molar-refractivity contribution in [3.8, 4) is 0 Å². The standard InChI is InChI=1S/C10H23N/c1-7-10(6,8-2)11-9(3,4)5/h11H,7-8H2,1-6H3. The van der Waals surface area contributed by atoms with Gasteiger partial charge in [0.25, 0.3) is 0 Å². The number of rotatable bonds is 3. The molecule has 0 saturated heterocycles. The fourth-order valence-electron chi connectivity index (χ4n) is 1.33. The van der Waals surface area contributed by atoms with Gasteiger partial charge >= 0.3 is 0 Å².